The number of quaternary nitrogens is 1. The zero-order valence-corrected chi connectivity index (χ0v) is 52.8. The van der Waals surface area contributed by atoms with Crippen molar-refractivity contribution in [1.29, 1.82) is 0 Å². The fourth-order valence-electron chi connectivity index (χ4n) is 9.29. The second-order valence-corrected chi connectivity index (χ2v) is 24.8. The van der Waals surface area contributed by atoms with Crippen LogP contribution in [0.25, 0.3) is 0 Å². The molecule has 2 N–H and O–H groups in total. The number of nitrogens with one attached hydrogen (secondary N) is 1. The van der Waals surface area contributed by atoms with Crippen molar-refractivity contribution in [3.05, 3.63) is 72.9 Å². The van der Waals surface area contributed by atoms with Crippen LogP contribution in [-0.2, 0) is 27.9 Å². The highest BCUT2D eigenvalue weighted by Crippen LogP contribution is 2.43. The molecule has 0 radical (unpaired) electrons. The summed E-state index contributed by atoms with van der Waals surface area (Å²) in [7, 11) is 1.49. The molecule has 0 aromatic rings. The van der Waals surface area contributed by atoms with Crippen LogP contribution in [0.1, 0.15) is 297 Å². The minimum absolute atomic E-state index is 0.0363. The van der Waals surface area contributed by atoms with Crippen LogP contribution in [0.4, 0.5) is 0 Å². The van der Waals surface area contributed by atoms with Crippen molar-refractivity contribution < 1.29 is 37.3 Å². The number of hydrogen-bond donors (Lipinski definition) is 2. The zero-order valence-electron chi connectivity index (χ0n) is 51.9. The maximum Gasteiger partial charge on any atom is 0.472 e. The lowest BCUT2D eigenvalue weighted by Crippen LogP contribution is -2.47. The first kappa shape index (κ1) is 75.5. The number of hydrogen-bond acceptors (Lipinski definition) is 6. The second kappa shape index (κ2) is 57.7. The predicted molar refractivity (Wildman–Crippen MR) is 337 cm³/mol. The Bertz CT molecular complexity index is 1570. The van der Waals surface area contributed by atoms with Gasteiger partial charge in [0.2, 0.25) is 5.91 Å². The van der Waals surface area contributed by atoms with Gasteiger partial charge in [-0.05, 0) is 96.0 Å². The molecule has 0 fully saturated rings. The van der Waals surface area contributed by atoms with Crippen LogP contribution in [0.2, 0.25) is 0 Å². The summed E-state index contributed by atoms with van der Waals surface area (Å²) in [6, 6.07) is -0.856. The number of ether oxygens (including phenoxy) is 1. The maximum atomic E-state index is 13.6. The average Bonchev–Trinajstić information content (AvgIpc) is 3.40. The number of nitrogens with zero attached hydrogens (tertiary/aromatic N) is 1. The van der Waals surface area contributed by atoms with Crippen molar-refractivity contribution in [3.63, 3.8) is 0 Å². The maximum absolute atomic E-state index is 13.6. The first-order chi connectivity index (χ1) is 37.9. The lowest BCUT2D eigenvalue weighted by atomic mass is 10.0. The number of carbonyl (C=O) groups excluding carboxylic acids is 2. The number of allylic oxidation sites excluding steroid dienone is 11. The molecule has 0 aliphatic carbocycles. The summed E-state index contributed by atoms with van der Waals surface area (Å²) in [5.74, 6) is -0.516. The topological polar surface area (TPSA) is 111 Å². The Hall–Kier alpha value is -2.55. The van der Waals surface area contributed by atoms with Crippen LogP contribution >= 0.6 is 7.82 Å². The lowest BCUT2D eigenvalue weighted by Gasteiger charge is -2.27. The molecule has 0 saturated carbocycles. The van der Waals surface area contributed by atoms with E-state index in [1.165, 1.54) is 173 Å². The molecule has 3 atom stereocenters. The summed E-state index contributed by atoms with van der Waals surface area (Å²) < 4.78 is 30.7. The van der Waals surface area contributed by atoms with E-state index < -0.39 is 20.0 Å². The highest BCUT2D eigenvalue weighted by atomic mass is 31.2. The number of phosphoric ester groups is 1. The molecule has 0 bridgehead atoms. The van der Waals surface area contributed by atoms with Gasteiger partial charge in [0.15, 0.2) is 0 Å². The number of likely N-dealkylation sites (N-methyl/N-ethyl adjacent to an activating group) is 1. The van der Waals surface area contributed by atoms with E-state index in [-0.39, 0.29) is 31.5 Å². The van der Waals surface area contributed by atoms with E-state index in [1.807, 2.05) is 33.3 Å². The number of amides is 1. The van der Waals surface area contributed by atoms with Crippen molar-refractivity contribution in [1.82, 2.24) is 5.32 Å². The molecule has 0 rings (SSSR count). The lowest BCUT2D eigenvalue weighted by molar-refractivity contribution is -0.870. The quantitative estimate of drug-likeness (QED) is 0.0156. The Morgan fingerprint density at radius 1 is 0.462 bits per heavy atom. The van der Waals surface area contributed by atoms with Crippen molar-refractivity contribution in [2.45, 2.75) is 309 Å². The molecule has 0 spiro atoms. The monoisotopic (exact) mass is 1110 g/mol. The molecule has 0 saturated heterocycles. The summed E-state index contributed by atoms with van der Waals surface area (Å²) >= 11 is 0. The molecule has 0 aromatic carbocycles. The smallest absolute Gasteiger partial charge is 0.456 e. The standard InChI is InChI=1S/C68H125N2O7P/c1-7-10-13-16-19-22-25-28-30-31-32-33-34-35-36-37-38-39-41-42-45-48-51-54-57-60-67(71)69-65(64-76-78(73,74)75-63-62-70(4,5)6)66(59-56-53-50-47-44-27-24-21-18-15-12-9-3)77-68(72)61-58-55-52-49-46-43-40-29-26-23-20-17-14-11-8-2/h19-20,22-23,26,28-30,32-33,56,59,65-66H,7-18,21,24-25,27,31,34-55,57-58,60-64H2,1-6H3,(H-,69,71,73,74)/p+1/b22-19-,23-20+,29-26+,30-28-,33-32-,59-56-. The van der Waals surface area contributed by atoms with Crippen LogP contribution in [0.3, 0.4) is 0 Å². The molecule has 9 nitrogen and oxygen atoms in total. The molecule has 3 unspecified atom stereocenters. The van der Waals surface area contributed by atoms with Gasteiger partial charge < -0.3 is 19.4 Å². The molecule has 0 aromatic heterocycles. The van der Waals surface area contributed by atoms with Crippen LogP contribution in [0.5, 0.6) is 0 Å². The van der Waals surface area contributed by atoms with E-state index in [0.717, 1.165) is 89.9 Å². The Kier molecular flexibility index (Phi) is 55.8. The van der Waals surface area contributed by atoms with Gasteiger partial charge in [-0.15, -0.1) is 0 Å². The summed E-state index contributed by atoms with van der Waals surface area (Å²) in [6.07, 6.45) is 74.7. The largest absolute Gasteiger partial charge is 0.472 e. The predicted octanol–water partition coefficient (Wildman–Crippen LogP) is 20.4. The Labute approximate surface area is 483 Å². The molecule has 454 valence electrons. The van der Waals surface area contributed by atoms with Gasteiger partial charge in [-0.1, -0.05) is 261 Å². The third-order valence-corrected chi connectivity index (χ3v) is 15.4. The molecule has 0 aliphatic rings. The number of phosphoric acid groups is 1. The van der Waals surface area contributed by atoms with Gasteiger partial charge in [0.1, 0.15) is 19.3 Å². The molecule has 10 heteroatoms. The van der Waals surface area contributed by atoms with Crippen molar-refractivity contribution >= 4 is 19.7 Å². The number of rotatable bonds is 59. The Balaban J connectivity index is 5.12. The molecule has 0 aliphatic heterocycles. The first-order valence-corrected chi connectivity index (χ1v) is 34.3. The van der Waals surface area contributed by atoms with Gasteiger partial charge >= 0.3 is 13.8 Å². The molecule has 0 heterocycles. The summed E-state index contributed by atoms with van der Waals surface area (Å²) in [5.41, 5.74) is 0. The Morgan fingerprint density at radius 2 is 0.821 bits per heavy atom. The zero-order chi connectivity index (χ0) is 57.2. The van der Waals surface area contributed by atoms with Crippen LogP contribution < -0.4 is 5.32 Å². The minimum atomic E-state index is -4.45. The van der Waals surface area contributed by atoms with Gasteiger partial charge in [-0.25, -0.2) is 4.57 Å². The minimum Gasteiger partial charge on any atom is -0.456 e. The molecule has 78 heavy (non-hydrogen) atoms. The number of unbranched alkanes of at least 4 members (excludes halogenated alkanes) is 34. The fourth-order valence-corrected chi connectivity index (χ4v) is 10.0. The highest BCUT2D eigenvalue weighted by molar-refractivity contribution is 7.47. The summed E-state index contributed by atoms with van der Waals surface area (Å²) in [4.78, 5) is 37.8. The van der Waals surface area contributed by atoms with E-state index in [2.05, 4.69) is 86.8 Å². The second-order valence-electron chi connectivity index (χ2n) is 23.3. The van der Waals surface area contributed by atoms with Gasteiger partial charge in [0.05, 0.1) is 33.8 Å². The SMILES string of the molecule is CCCCC/C=C\C/C=C\C/C=C\CCCCCCCCCCCCCCC(=O)NC(COP(=O)(O)OCC[N+](C)(C)C)C(/C=C\CCCCCCCCCCCC)OC(=O)CCCCCCCC/C=C/C=C/CCCCC. The first-order valence-electron chi connectivity index (χ1n) is 32.8. The summed E-state index contributed by atoms with van der Waals surface area (Å²) in [5, 5.41) is 3.06. The fraction of sp³-hybridized carbons (Fsp3) is 0.794. The van der Waals surface area contributed by atoms with E-state index in [9.17, 15) is 19.0 Å². The molecular formula is C68H126N2O7P+. The van der Waals surface area contributed by atoms with Crippen LogP contribution in [0.15, 0.2) is 72.9 Å². The van der Waals surface area contributed by atoms with Gasteiger partial charge in [-0.2, -0.15) is 0 Å². The molecule has 1 amide bonds. The third-order valence-electron chi connectivity index (χ3n) is 14.4. The van der Waals surface area contributed by atoms with E-state index in [4.69, 9.17) is 13.8 Å². The Morgan fingerprint density at radius 3 is 1.27 bits per heavy atom. The highest BCUT2D eigenvalue weighted by Gasteiger charge is 2.30. The molecular weight excluding hydrogens is 988 g/mol. The van der Waals surface area contributed by atoms with Crippen molar-refractivity contribution in [3.8, 4) is 0 Å². The van der Waals surface area contributed by atoms with E-state index >= 15 is 0 Å². The average molecular weight is 1110 g/mol. The van der Waals surface area contributed by atoms with Crippen molar-refractivity contribution in [2.75, 3.05) is 40.9 Å². The van der Waals surface area contributed by atoms with Gasteiger partial charge in [0.25, 0.3) is 0 Å². The van der Waals surface area contributed by atoms with Crippen LogP contribution in [0, 0.1) is 0 Å². The van der Waals surface area contributed by atoms with E-state index in [1.54, 1.807) is 0 Å². The number of carbonyl (C=O) groups is 2. The number of esters is 1. The normalized spacial score (nSPS) is 14.1. The third kappa shape index (κ3) is 58.1. The summed E-state index contributed by atoms with van der Waals surface area (Å²) in [6.45, 7) is 6.96. The van der Waals surface area contributed by atoms with Gasteiger partial charge in [-0.3, -0.25) is 18.6 Å². The van der Waals surface area contributed by atoms with Crippen LogP contribution in [-0.4, -0.2) is 74.3 Å². The van der Waals surface area contributed by atoms with Crippen molar-refractivity contribution in [2.24, 2.45) is 0 Å². The van der Waals surface area contributed by atoms with Gasteiger partial charge in [0, 0.05) is 12.8 Å². The van der Waals surface area contributed by atoms with E-state index in [0.29, 0.717) is 17.4 Å².